The lowest BCUT2D eigenvalue weighted by Crippen LogP contribution is -2.10. The summed E-state index contributed by atoms with van der Waals surface area (Å²) in [5, 5.41) is 0. The first-order chi connectivity index (χ1) is 5.25. The van der Waals surface area contributed by atoms with E-state index in [-0.39, 0.29) is 0 Å². The van der Waals surface area contributed by atoms with E-state index < -0.39 is 0 Å². The number of aromatic nitrogens is 1. The quantitative estimate of drug-likeness (QED) is 0.635. The second-order valence-corrected chi connectivity index (χ2v) is 2.51. The van der Waals surface area contributed by atoms with E-state index >= 15 is 0 Å². The predicted octanol–water partition coefficient (Wildman–Crippen LogP) is 1.79. The van der Waals surface area contributed by atoms with Crippen molar-refractivity contribution in [3.63, 3.8) is 0 Å². The molecular weight excluding hydrogens is 136 g/mol. The molecule has 0 fully saturated rings. The smallest absolute Gasteiger partial charge is 0.0856 e. The molecule has 0 spiro atoms. The van der Waals surface area contributed by atoms with Crippen molar-refractivity contribution < 1.29 is 0 Å². The molecule has 2 nitrogen and oxygen atoms in total. The first kappa shape index (κ1) is 7.79. The van der Waals surface area contributed by atoms with Crippen LogP contribution in [0.15, 0.2) is 24.9 Å². The van der Waals surface area contributed by atoms with Crippen LogP contribution >= 0.6 is 0 Å². The Hall–Kier alpha value is -1.31. The van der Waals surface area contributed by atoms with Crippen molar-refractivity contribution in [2.75, 3.05) is 19.0 Å². The molecule has 0 unspecified atom stereocenters. The second-order valence-electron chi connectivity index (χ2n) is 2.51. The van der Waals surface area contributed by atoms with Gasteiger partial charge in [-0.05, 0) is 18.2 Å². The summed E-state index contributed by atoms with van der Waals surface area (Å²) in [5.74, 6) is 0. The molecular formula is C9H12N2. The molecule has 0 aliphatic rings. The molecule has 0 aliphatic carbocycles. The lowest BCUT2D eigenvalue weighted by Gasteiger charge is -2.13. The van der Waals surface area contributed by atoms with Gasteiger partial charge in [-0.15, -0.1) is 0 Å². The molecule has 0 aliphatic heterocycles. The summed E-state index contributed by atoms with van der Waals surface area (Å²) in [5.41, 5.74) is 2.03. The summed E-state index contributed by atoms with van der Waals surface area (Å²) in [4.78, 5) is 6.18. The molecule has 0 saturated heterocycles. The molecule has 0 amide bonds. The van der Waals surface area contributed by atoms with Crippen molar-refractivity contribution in [1.29, 1.82) is 0 Å². The molecule has 1 heterocycles. The van der Waals surface area contributed by atoms with E-state index in [2.05, 4.69) is 11.6 Å². The van der Waals surface area contributed by atoms with Gasteiger partial charge in [0.05, 0.1) is 11.4 Å². The van der Waals surface area contributed by atoms with E-state index in [9.17, 15) is 0 Å². The van der Waals surface area contributed by atoms with Crippen molar-refractivity contribution in [3.05, 3.63) is 30.6 Å². The molecule has 2 heteroatoms. The zero-order valence-corrected chi connectivity index (χ0v) is 6.91. The number of nitrogens with zero attached hydrogens (tertiary/aromatic N) is 2. The van der Waals surface area contributed by atoms with Crippen LogP contribution in [0.2, 0.25) is 0 Å². The number of rotatable bonds is 2. The van der Waals surface area contributed by atoms with Gasteiger partial charge >= 0.3 is 0 Å². The second kappa shape index (κ2) is 3.19. The fourth-order valence-corrected chi connectivity index (χ4v) is 0.944. The molecule has 1 aromatic heterocycles. The van der Waals surface area contributed by atoms with Crippen LogP contribution in [0.3, 0.4) is 0 Å². The zero-order valence-electron chi connectivity index (χ0n) is 6.91. The monoisotopic (exact) mass is 148 g/mol. The van der Waals surface area contributed by atoms with Crippen molar-refractivity contribution >= 4 is 11.8 Å². The highest BCUT2D eigenvalue weighted by molar-refractivity contribution is 5.62. The summed E-state index contributed by atoms with van der Waals surface area (Å²) in [7, 11) is 3.98. The fraction of sp³-hybridized carbons (Fsp3) is 0.222. The molecule has 0 bridgehead atoms. The van der Waals surface area contributed by atoms with Gasteiger partial charge in [0.2, 0.25) is 0 Å². The molecule has 0 radical (unpaired) electrons. The Bertz CT molecular complexity index is 253. The maximum absolute atomic E-state index is 4.16. The third-order valence-electron chi connectivity index (χ3n) is 1.49. The van der Waals surface area contributed by atoms with Gasteiger partial charge in [0.15, 0.2) is 0 Å². The predicted molar refractivity (Wildman–Crippen MR) is 48.7 cm³/mol. The minimum absolute atomic E-state index is 0.928. The first-order valence-corrected chi connectivity index (χ1v) is 3.50. The molecule has 1 rings (SSSR count). The van der Waals surface area contributed by atoms with Crippen molar-refractivity contribution in [1.82, 2.24) is 4.98 Å². The number of hydrogen-bond acceptors (Lipinski definition) is 2. The van der Waals surface area contributed by atoms with Gasteiger partial charge in [-0.1, -0.05) is 6.58 Å². The van der Waals surface area contributed by atoms with E-state index in [4.69, 9.17) is 0 Å². The summed E-state index contributed by atoms with van der Waals surface area (Å²) < 4.78 is 0. The van der Waals surface area contributed by atoms with Crippen LogP contribution in [0, 0.1) is 0 Å². The summed E-state index contributed by atoms with van der Waals surface area (Å²) >= 11 is 0. The Kier molecular flexibility index (Phi) is 2.26. The minimum Gasteiger partial charge on any atom is -0.376 e. The minimum atomic E-state index is 0.928. The normalized spacial score (nSPS) is 9.27. The lowest BCUT2D eigenvalue weighted by molar-refractivity contribution is 1.10. The molecule has 11 heavy (non-hydrogen) atoms. The summed E-state index contributed by atoms with van der Waals surface area (Å²) in [6, 6.07) is 3.94. The van der Waals surface area contributed by atoms with Gasteiger partial charge in [-0.3, -0.25) is 4.98 Å². The summed E-state index contributed by atoms with van der Waals surface area (Å²) in [6.45, 7) is 3.68. The Morgan fingerprint density at radius 2 is 2.27 bits per heavy atom. The van der Waals surface area contributed by atoms with Crippen molar-refractivity contribution in [3.8, 4) is 0 Å². The van der Waals surface area contributed by atoms with E-state index in [0.717, 1.165) is 11.4 Å². The topological polar surface area (TPSA) is 16.1 Å². The van der Waals surface area contributed by atoms with E-state index in [0.29, 0.717) is 0 Å². The van der Waals surface area contributed by atoms with Gasteiger partial charge in [-0.25, -0.2) is 0 Å². The molecule has 0 N–H and O–H groups in total. The van der Waals surface area contributed by atoms with E-state index in [1.54, 1.807) is 12.3 Å². The van der Waals surface area contributed by atoms with Crippen LogP contribution in [-0.4, -0.2) is 19.1 Å². The molecule has 58 valence electrons. The van der Waals surface area contributed by atoms with Crippen LogP contribution in [0.25, 0.3) is 6.08 Å². The van der Waals surface area contributed by atoms with Crippen LogP contribution in [-0.2, 0) is 0 Å². The van der Waals surface area contributed by atoms with Gasteiger partial charge in [0, 0.05) is 20.3 Å². The number of anilines is 1. The summed E-state index contributed by atoms with van der Waals surface area (Å²) in [6.07, 6.45) is 3.53. The van der Waals surface area contributed by atoms with Crippen LogP contribution in [0.5, 0.6) is 0 Å². The Labute approximate surface area is 67.2 Å². The van der Waals surface area contributed by atoms with Crippen molar-refractivity contribution in [2.24, 2.45) is 0 Å². The molecule has 0 saturated carbocycles. The maximum Gasteiger partial charge on any atom is 0.0856 e. The highest BCUT2D eigenvalue weighted by atomic mass is 15.1. The van der Waals surface area contributed by atoms with E-state index in [1.165, 1.54) is 0 Å². The SMILES string of the molecule is C=Cc1ncccc1N(C)C. The third-order valence-corrected chi connectivity index (χ3v) is 1.49. The number of hydrogen-bond donors (Lipinski definition) is 0. The maximum atomic E-state index is 4.16. The fourth-order valence-electron chi connectivity index (χ4n) is 0.944. The average molecular weight is 148 g/mol. The van der Waals surface area contributed by atoms with Gasteiger partial charge in [-0.2, -0.15) is 0 Å². The van der Waals surface area contributed by atoms with Gasteiger partial charge < -0.3 is 4.90 Å². The van der Waals surface area contributed by atoms with Gasteiger partial charge in [0.1, 0.15) is 0 Å². The largest absolute Gasteiger partial charge is 0.376 e. The highest BCUT2D eigenvalue weighted by Crippen LogP contribution is 2.15. The standard InChI is InChI=1S/C9H12N2/c1-4-8-9(11(2)3)6-5-7-10-8/h4-7H,1H2,2-3H3. The van der Waals surface area contributed by atoms with E-state index in [1.807, 2.05) is 31.1 Å². The molecule has 0 atom stereocenters. The first-order valence-electron chi connectivity index (χ1n) is 3.50. The van der Waals surface area contributed by atoms with Crippen LogP contribution in [0.4, 0.5) is 5.69 Å². The van der Waals surface area contributed by atoms with Crippen molar-refractivity contribution in [2.45, 2.75) is 0 Å². The van der Waals surface area contributed by atoms with Crippen LogP contribution < -0.4 is 4.90 Å². The Balaban J connectivity index is 3.12. The highest BCUT2D eigenvalue weighted by Gasteiger charge is 1.99. The zero-order chi connectivity index (χ0) is 8.27. The average Bonchev–Trinajstić information content (AvgIpc) is 2.04. The Morgan fingerprint density at radius 3 is 2.73 bits per heavy atom. The number of pyridine rings is 1. The van der Waals surface area contributed by atoms with Crippen LogP contribution in [0.1, 0.15) is 5.69 Å². The van der Waals surface area contributed by atoms with Gasteiger partial charge in [0.25, 0.3) is 0 Å². The lowest BCUT2D eigenvalue weighted by atomic mass is 10.3. The third kappa shape index (κ3) is 1.58. The molecule has 0 aromatic carbocycles. The molecule has 1 aromatic rings. The Morgan fingerprint density at radius 1 is 1.55 bits per heavy atom.